The van der Waals surface area contributed by atoms with Crippen molar-refractivity contribution < 1.29 is 28.6 Å². The second kappa shape index (κ2) is 16.6. The number of nitrogens with zero attached hydrogens (tertiary/aromatic N) is 3. The molecule has 9 nitrogen and oxygen atoms in total. The van der Waals surface area contributed by atoms with Gasteiger partial charge in [-0.05, 0) is 208 Å². The SMILES string of the molecule is O=C(Oc1c(Br)cc2c3c1CCCN3CCC2)c1c(Br)c(C(=O)Oc2c(Br)cc3c4c2CCCN4CCC3)c(Br)c(C(=O)Oc2c(Br)cc3c4c2CCCN4CCC3)c1Br. The maximum absolute atomic E-state index is 14.8. The lowest BCUT2D eigenvalue weighted by Gasteiger charge is -2.38. The Bertz CT molecular complexity index is 2260. The summed E-state index contributed by atoms with van der Waals surface area (Å²) in [5.74, 6) is -0.961. The van der Waals surface area contributed by atoms with Crippen LogP contribution >= 0.6 is 95.6 Å². The second-order valence-corrected chi connectivity index (χ2v) is 21.3. The number of aryl methyl sites for hydroxylation is 3. The first-order valence-corrected chi connectivity index (χ1v) is 25.4. The number of anilines is 3. The Hall–Kier alpha value is -2.43. The van der Waals surface area contributed by atoms with Crippen molar-refractivity contribution in [3.63, 3.8) is 0 Å². The van der Waals surface area contributed by atoms with E-state index in [1.54, 1.807) is 0 Å². The molecule has 0 saturated carbocycles. The third-order valence-electron chi connectivity index (χ3n) is 12.8. The molecule has 4 aromatic rings. The van der Waals surface area contributed by atoms with Crippen LogP contribution < -0.4 is 28.9 Å². The zero-order valence-electron chi connectivity index (χ0n) is 32.5. The number of benzene rings is 4. The average molecular weight is 1200 g/mol. The normalized spacial score (nSPS) is 17.4. The molecule has 0 atom stereocenters. The van der Waals surface area contributed by atoms with Gasteiger partial charge in [0.25, 0.3) is 0 Å². The van der Waals surface area contributed by atoms with Gasteiger partial charge in [0.05, 0.1) is 30.1 Å². The number of hydrogen-bond acceptors (Lipinski definition) is 9. The molecule has 0 aliphatic carbocycles. The fourth-order valence-electron chi connectivity index (χ4n) is 10.3. The van der Waals surface area contributed by atoms with Crippen molar-refractivity contribution >= 4 is 131 Å². The minimum atomic E-state index is -0.754. The number of hydrogen-bond donors (Lipinski definition) is 0. The van der Waals surface area contributed by atoms with Crippen molar-refractivity contribution in [3.05, 3.63) is 95.1 Å². The van der Waals surface area contributed by atoms with Gasteiger partial charge in [0.1, 0.15) is 0 Å². The molecule has 0 saturated heterocycles. The summed E-state index contributed by atoms with van der Waals surface area (Å²) in [7, 11) is 0. The molecule has 0 spiro atoms. The van der Waals surface area contributed by atoms with Crippen molar-refractivity contribution in [2.75, 3.05) is 54.0 Å². The highest BCUT2D eigenvalue weighted by Gasteiger charge is 2.38. The van der Waals surface area contributed by atoms with Crippen LogP contribution in [0, 0.1) is 0 Å². The summed E-state index contributed by atoms with van der Waals surface area (Å²) in [6, 6.07) is 6.14. The molecule has 0 bridgehead atoms. The van der Waals surface area contributed by atoms with Gasteiger partial charge in [0.2, 0.25) is 0 Å². The van der Waals surface area contributed by atoms with E-state index in [1.165, 1.54) is 16.7 Å². The van der Waals surface area contributed by atoms with Crippen LogP contribution in [-0.4, -0.2) is 57.2 Å². The molecule has 4 aromatic carbocycles. The van der Waals surface area contributed by atoms with Crippen LogP contribution in [0.3, 0.4) is 0 Å². The molecule has 6 heterocycles. The fourth-order valence-corrected chi connectivity index (χ4v) is 15.1. The first kappa shape index (κ1) is 41.6. The summed E-state index contributed by atoms with van der Waals surface area (Å²) in [6.07, 6.45) is 11.1. The third kappa shape index (κ3) is 7.02. The summed E-state index contributed by atoms with van der Waals surface area (Å²) in [5.41, 5.74) is 9.89. The molecule has 15 heteroatoms. The smallest absolute Gasteiger partial charge is 0.345 e. The van der Waals surface area contributed by atoms with Gasteiger partial charge in [-0.25, -0.2) is 14.4 Å². The van der Waals surface area contributed by atoms with Crippen molar-refractivity contribution in [2.24, 2.45) is 0 Å². The van der Waals surface area contributed by atoms with Crippen LogP contribution in [0.4, 0.5) is 17.1 Å². The number of ether oxygens (including phenoxy) is 3. The lowest BCUT2D eigenvalue weighted by atomic mass is 9.91. The summed E-state index contributed by atoms with van der Waals surface area (Å²) in [5, 5.41) is 0. The number of halogens is 6. The average Bonchev–Trinajstić information content (AvgIpc) is 3.22. The zero-order chi connectivity index (χ0) is 41.6. The Labute approximate surface area is 399 Å². The molecular weight excluding hydrogens is 1160 g/mol. The molecule has 0 N–H and O–H groups in total. The van der Waals surface area contributed by atoms with Crippen LogP contribution in [0.2, 0.25) is 0 Å². The highest BCUT2D eigenvalue weighted by atomic mass is 79.9. The van der Waals surface area contributed by atoms with Gasteiger partial charge >= 0.3 is 17.9 Å². The van der Waals surface area contributed by atoms with Crippen molar-refractivity contribution in [1.29, 1.82) is 0 Å². The predicted octanol–water partition coefficient (Wildman–Crippen LogP) is 12.0. The van der Waals surface area contributed by atoms with Crippen molar-refractivity contribution in [2.45, 2.75) is 77.0 Å². The Morgan fingerprint density at radius 3 is 0.917 bits per heavy atom. The topological polar surface area (TPSA) is 88.6 Å². The van der Waals surface area contributed by atoms with E-state index in [0.717, 1.165) is 150 Å². The van der Waals surface area contributed by atoms with Crippen LogP contribution in [0.15, 0.2) is 45.0 Å². The van der Waals surface area contributed by atoms with Gasteiger partial charge in [-0.15, -0.1) is 0 Å². The molecule has 0 fully saturated rings. The lowest BCUT2D eigenvalue weighted by Crippen LogP contribution is -2.35. The van der Waals surface area contributed by atoms with Crippen LogP contribution in [0.25, 0.3) is 0 Å². The largest absolute Gasteiger partial charge is 0.421 e. The lowest BCUT2D eigenvalue weighted by molar-refractivity contribution is 0.0727. The maximum Gasteiger partial charge on any atom is 0.345 e. The molecule has 6 aliphatic heterocycles. The van der Waals surface area contributed by atoms with E-state index in [4.69, 9.17) is 14.2 Å². The number of rotatable bonds is 6. The third-order valence-corrected chi connectivity index (χ3v) is 16.9. The molecule has 60 heavy (non-hydrogen) atoms. The van der Waals surface area contributed by atoms with E-state index in [0.29, 0.717) is 30.7 Å². The van der Waals surface area contributed by atoms with Crippen LogP contribution in [0.1, 0.15) is 103 Å². The highest BCUT2D eigenvalue weighted by Crippen LogP contribution is 2.50. The summed E-state index contributed by atoms with van der Waals surface area (Å²) >= 11 is 22.2. The van der Waals surface area contributed by atoms with Crippen molar-refractivity contribution in [3.8, 4) is 17.2 Å². The van der Waals surface area contributed by atoms with Crippen molar-refractivity contribution in [1.82, 2.24) is 0 Å². The first-order chi connectivity index (χ1) is 29.0. The summed E-state index contributed by atoms with van der Waals surface area (Å²) in [6.45, 7) is 5.73. The summed E-state index contributed by atoms with van der Waals surface area (Å²) < 4.78 is 21.5. The van der Waals surface area contributed by atoms with Crippen LogP contribution in [0.5, 0.6) is 17.2 Å². The van der Waals surface area contributed by atoms with E-state index in [2.05, 4.69) is 110 Å². The van der Waals surface area contributed by atoms with Gasteiger partial charge in [-0.3, -0.25) is 0 Å². The number of carbonyl (C=O) groups is 3. The van der Waals surface area contributed by atoms with E-state index in [1.807, 2.05) is 18.2 Å². The number of esters is 3. The van der Waals surface area contributed by atoms with Gasteiger partial charge in [-0.1, -0.05) is 0 Å². The predicted molar refractivity (Wildman–Crippen MR) is 253 cm³/mol. The minimum absolute atomic E-state index is 0.0457. The van der Waals surface area contributed by atoms with E-state index >= 15 is 0 Å². The zero-order valence-corrected chi connectivity index (χ0v) is 42.0. The molecule has 0 unspecified atom stereocenters. The fraction of sp³-hybridized carbons (Fsp3) is 0.400. The standard InChI is InChI=1S/C45H39Br6N3O6/c46-28-19-22-7-1-13-52-16-4-10-25(37(22)52)40(28)58-43(55)31-34(49)32(44(56)59-41-26-11-5-17-53-14-2-8-23(38(26)53)20-29(41)47)36(51)33(35(31)50)45(57)60-42-27-12-6-18-54-15-3-9-24(39(27)54)21-30(42)48/h19-21H,1-18H2. The quantitative estimate of drug-likeness (QED) is 0.138. The van der Waals surface area contributed by atoms with E-state index in [-0.39, 0.29) is 30.1 Å². The van der Waals surface area contributed by atoms with Gasteiger partial charge in [-0.2, -0.15) is 0 Å². The molecule has 0 radical (unpaired) electrons. The first-order valence-electron chi connectivity index (χ1n) is 20.6. The highest BCUT2D eigenvalue weighted by molar-refractivity contribution is 9.12. The molecule has 312 valence electrons. The molecular formula is C45H39Br6N3O6. The minimum Gasteiger partial charge on any atom is -0.421 e. The molecule has 6 aliphatic rings. The van der Waals surface area contributed by atoms with Crippen LogP contribution in [-0.2, 0) is 38.5 Å². The Kier molecular flexibility index (Phi) is 11.5. The second-order valence-electron chi connectivity index (χ2n) is 16.3. The monoisotopic (exact) mass is 1190 g/mol. The Morgan fingerprint density at radius 2 is 0.650 bits per heavy atom. The Balaban J connectivity index is 1.09. The van der Waals surface area contributed by atoms with E-state index < -0.39 is 17.9 Å². The summed E-state index contributed by atoms with van der Waals surface area (Å²) in [4.78, 5) is 51.5. The molecule has 0 amide bonds. The van der Waals surface area contributed by atoms with Gasteiger partial charge in [0, 0.05) is 86.4 Å². The molecule has 10 rings (SSSR count). The Morgan fingerprint density at radius 1 is 0.400 bits per heavy atom. The van der Waals surface area contributed by atoms with E-state index in [9.17, 15) is 14.4 Å². The van der Waals surface area contributed by atoms with Gasteiger partial charge in [0.15, 0.2) is 17.2 Å². The number of carbonyl (C=O) groups excluding carboxylic acids is 3. The maximum atomic E-state index is 14.8. The molecule has 0 aromatic heterocycles. The van der Waals surface area contributed by atoms with Gasteiger partial charge < -0.3 is 28.9 Å².